The quantitative estimate of drug-likeness (QED) is 0.597. The number of thiazole rings is 1. The Balaban J connectivity index is 1.42. The Morgan fingerprint density at radius 2 is 2.00 bits per heavy atom. The number of carbonyl (C=O) groups excluding carboxylic acids is 1. The maximum absolute atomic E-state index is 12.7. The van der Waals surface area contributed by atoms with E-state index in [1.54, 1.807) is 6.20 Å². The van der Waals surface area contributed by atoms with Crippen molar-refractivity contribution in [2.75, 3.05) is 42.9 Å². The number of nitrogens with one attached hydrogen (secondary N) is 2. The summed E-state index contributed by atoms with van der Waals surface area (Å²) >= 11 is 7.56. The second-order valence-corrected chi connectivity index (χ2v) is 9.78. The summed E-state index contributed by atoms with van der Waals surface area (Å²) in [6, 6.07) is 1.95. The topological polar surface area (TPSA) is 86.3 Å². The molecule has 0 bridgehead atoms. The number of halogens is 1. The van der Waals surface area contributed by atoms with Crippen LogP contribution in [0.4, 0.5) is 16.8 Å². The normalized spacial score (nSPS) is 17.2. The van der Waals surface area contributed by atoms with Gasteiger partial charge in [-0.25, -0.2) is 15.0 Å². The van der Waals surface area contributed by atoms with E-state index in [-0.39, 0.29) is 5.91 Å². The fraction of sp³-hybridized carbons (Fsp3) is 0.478. The summed E-state index contributed by atoms with van der Waals surface area (Å²) in [5, 5.41) is 7.37. The second-order valence-electron chi connectivity index (χ2n) is 8.34. The van der Waals surface area contributed by atoms with Crippen LogP contribution in [0.25, 0.3) is 0 Å². The Labute approximate surface area is 203 Å². The number of hydrogen-bond donors (Lipinski definition) is 2. The molecule has 4 rings (SSSR count). The van der Waals surface area contributed by atoms with Crippen molar-refractivity contribution in [1.82, 2.24) is 25.2 Å². The molecule has 0 aromatic carbocycles. The first-order valence-corrected chi connectivity index (χ1v) is 12.6. The predicted octanol–water partition coefficient (Wildman–Crippen LogP) is 4.44. The molecule has 1 aliphatic heterocycles. The highest BCUT2D eigenvalue weighted by Gasteiger charge is 2.20. The van der Waals surface area contributed by atoms with E-state index in [9.17, 15) is 4.79 Å². The number of aryl methyl sites for hydroxylation is 1. The van der Waals surface area contributed by atoms with Crippen LogP contribution in [0.15, 0.2) is 34.6 Å². The largest absolute Gasteiger partial charge is 0.354 e. The maximum atomic E-state index is 12.7. The van der Waals surface area contributed by atoms with E-state index >= 15 is 0 Å². The number of nitrogens with zero attached hydrogens (tertiary/aromatic N) is 5. The first kappa shape index (κ1) is 23.7. The lowest BCUT2D eigenvalue weighted by atomic mass is 10.0. The van der Waals surface area contributed by atoms with Crippen molar-refractivity contribution in [2.24, 2.45) is 0 Å². The minimum absolute atomic E-state index is 0.215. The molecule has 0 spiro atoms. The zero-order chi connectivity index (χ0) is 23.4. The van der Waals surface area contributed by atoms with Crippen LogP contribution in [0.2, 0.25) is 0 Å². The van der Waals surface area contributed by atoms with Gasteiger partial charge < -0.3 is 15.5 Å². The molecule has 1 saturated heterocycles. The molecular formula is C23H30ClN7OS. The highest BCUT2D eigenvalue weighted by molar-refractivity contribution is 7.17. The summed E-state index contributed by atoms with van der Waals surface area (Å²) in [5.74, 6) is 2.07. The molecule has 1 amide bonds. The number of hydrogen-bond acceptors (Lipinski definition) is 8. The Morgan fingerprint density at radius 3 is 2.73 bits per heavy atom. The molecule has 176 valence electrons. The van der Waals surface area contributed by atoms with Crippen molar-refractivity contribution in [1.29, 1.82) is 0 Å². The molecule has 2 aromatic heterocycles. The lowest BCUT2D eigenvalue weighted by molar-refractivity contribution is 0.0970. The average Bonchev–Trinajstić information content (AvgIpc) is 3.25. The third-order valence-corrected chi connectivity index (χ3v) is 7.03. The lowest BCUT2D eigenvalue weighted by Crippen LogP contribution is -2.46. The summed E-state index contributed by atoms with van der Waals surface area (Å²) < 4.78 is 0. The van der Waals surface area contributed by atoms with Crippen LogP contribution >= 0.6 is 22.9 Å². The van der Waals surface area contributed by atoms with Crippen LogP contribution in [-0.2, 0) is 0 Å². The van der Waals surface area contributed by atoms with Gasteiger partial charge in [-0.1, -0.05) is 35.9 Å². The molecule has 1 aliphatic carbocycles. The van der Waals surface area contributed by atoms with Crippen LogP contribution in [0, 0.1) is 6.92 Å². The van der Waals surface area contributed by atoms with Gasteiger partial charge in [0.1, 0.15) is 22.3 Å². The van der Waals surface area contributed by atoms with Crippen LogP contribution in [0.5, 0.6) is 0 Å². The summed E-state index contributed by atoms with van der Waals surface area (Å²) in [6.45, 7) is 11.2. The zero-order valence-corrected chi connectivity index (χ0v) is 20.9. The third kappa shape index (κ3) is 5.90. The minimum Gasteiger partial charge on any atom is -0.354 e. The first-order valence-electron chi connectivity index (χ1n) is 11.4. The van der Waals surface area contributed by atoms with Gasteiger partial charge in [-0.05, 0) is 45.2 Å². The Kier molecular flexibility index (Phi) is 7.62. The molecule has 2 aliphatic rings. The van der Waals surface area contributed by atoms with Gasteiger partial charge in [0.25, 0.3) is 5.91 Å². The van der Waals surface area contributed by atoms with Crippen LogP contribution < -0.4 is 15.5 Å². The standard InChI is InChI=1S/C23H30ClN7OS/c1-4-8-30-9-11-31(12-10-30)20-13-19(26-16(3)27-20)28-23-25-14-18(33-23)22(32)29-21-15(2)6-5-7-17(21)24/h7,13-14H,4-6,8-12H2,1-3H3,(H,29,32)(H,25,26,27,28). The van der Waals surface area contributed by atoms with Gasteiger partial charge in [0.2, 0.25) is 0 Å². The maximum Gasteiger partial charge on any atom is 0.267 e. The minimum atomic E-state index is -0.215. The molecule has 2 N–H and O–H groups in total. The monoisotopic (exact) mass is 487 g/mol. The number of aromatic nitrogens is 3. The molecule has 33 heavy (non-hydrogen) atoms. The van der Waals surface area contributed by atoms with E-state index in [2.05, 4.69) is 42.3 Å². The number of anilines is 3. The molecule has 0 unspecified atom stereocenters. The predicted molar refractivity (Wildman–Crippen MR) is 134 cm³/mol. The van der Waals surface area contributed by atoms with E-state index in [1.807, 2.05) is 26.0 Å². The summed E-state index contributed by atoms with van der Waals surface area (Å²) in [4.78, 5) is 31.5. The van der Waals surface area contributed by atoms with E-state index in [0.717, 1.165) is 57.0 Å². The average molecular weight is 488 g/mol. The van der Waals surface area contributed by atoms with Crippen LogP contribution in [-0.4, -0.2) is 58.5 Å². The number of amides is 1. The number of allylic oxidation sites excluding steroid dienone is 3. The molecule has 10 heteroatoms. The van der Waals surface area contributed by atoms with Gasteiger partial charge in [-0.2, -0.15) is 0 Å². The molecule has 0 atom stereocenters. The molecule has 1 fully saturated rings. The zero-order valence-electron chi connectivity index (χ0n) is 19.3. The number of carbonyl (C=O) groups is 1. The van der Waals surface area contributed by atoms with Crippen molar-refractivity contribution >= 4 is 45.6 Å². The van der Waals surface area contributed by atoms with E-state index in [0.29, 0.717) is 32.4 Å². The van der Waals surface area contributed by atoms with Crippen LogP contribution in [0.3, 0.4) is 0 Å². The van der Waals surface area contributed by atoms with E-state index in [4.69, 9.17) is 11.6 Å². The van der Waals surface area contributed by atoms with Gasteiger partial charge in [0, 0.05) is 32.2 Å². The highest BCUT2D eigenvalue weighted by Crippen LogP contribution is 2.28. The van der Waals surface area contributed by atoms with Crippen molar-refractivity contribution in [3.05, 3.63) is 45.3 Å². The van der Waals surface area contributed by atoms with Crippen molar-refractivity contribution < 1.29 is 4.79 Å². The van der Waals surface area contributed by atoms with Gasteiger partial charge >= 0.3 is 0 Å². The van der Waals surface area contributed by atoms with Crippen LogP contribution in [0.1, 0.15) is 48.6 Å². The van der Waals surface area contributed by atoms with Crippen molar-refractivity contribution in [3.8, 4) is 0 Å². The molecule has 8 nitrogen and oxygen atoms in total. The first-order chi connectivity index (χ1) is 15.9. The summed E-state index contributed by atoms with van der Waals surface area (Å²) in [5.41, 5.74) is 1.78. The van der Waals surface area contributed by atoms with E-state index < -0.39 is 0 Å². The van der Waals surface area contributed by atoms with Gasteiger partial charge in [-0.15, -0.1) is 0 Å². The second kappa shape index (κ2) is 10.6. The summed E-state index contributed by atoms with van der Waals surface area (Å²) in [7, 11) is 0. The fourth-order valence-corrected chi connectivity index (χ4v) is 5.07. The molecule has 0 saturated carbocycles. The van der Waals surface area contributed by atoms with Gasteiger partial charge in [0.05, 0.1) is 16.9 Å². The fourth-order valence-electron chi connectivity index (χ4n) is 4.03. The van der Waals surface area contributed by atoms with Crippen molar-refractivity contribution in [3.63, 3.8) is 0 Å². The lowest BCUT2D eigenvalue weighted by Gasteiger charge is -2.35. The molecular weight excluding hydrogens is 458 g/mol. The smallest absolute Gasteiger partial charge is 0.267 e. The number of rotatable bonds is 7. The Morgan fingerprint density at radius 1 is 1.21 bits per heavy atom. The Bertz CT molecular complexity index is 1070. The van der Waals surface area contributed by atoms with Gasteiger partial charge in [-0.3, -0.25) is 9.69 Å². The van der Waals surface area contributed by atoms with Crippen molar-refractivity contribution in [2.45, 2.75) is 40.0 Å². The summed E-state index contributed by atoms with van der Waals surface area (Å²) in [6.07, 6.45) is 6.47. The molecule has 3 heterocycles. The third-order valence-electron chi connectivity index (χ3n) is 5.77. The molecule has 2 aromatic rings. The SMILES string of the molecule is CCCN1CCN(c2cc(Nc3ncc(C(=O)NC4=C(C)CCC=C4Cl)s3)nc(C)n2)CC1. The van der Waals surface area contributed by atoms with Gasteiger partial charge in [0.15, 0.2) is 5.13 Å². The highest BCUT2D eigenvalue weighted by atomic mass is 35.5. The van der Waals surface area contributed by atoms with E-state index in [1.165, 1.54) is 17.8 Å². The molecule has 0 radical (unpaired) electrons. The Hall–Kier alpha value is -2.49. The number of piperazine rings is 1.